The quantitative estimate of drug-likeness (QED) is 0.714. The molecule has 0 spiro atoms. The molecule has 0 unspecified atom stereocenters. The number of rotatable bonds is 4. The van der Waals surface area contributed by atoms with E-state index in [1.807, 2.05) is 6.92 Å². The molecule has 0 fully saturated rings. The van der Waals surface area contributed by atoms with Gasteiger partial charge in [-0.1, -0.05) is 17.7 Å². The van der Waals surface area contributed by atoms with Crippen LogP contribution in [0.3, 0.4) is 0 Å². The fourth-order valence-electron chi connectivity index (χ4n) is 2.19. The van der Waals surface area contributed by atoms with Gasteiger partial charge in [0.2, 0.25) is 9.84 Å². The van der Waals surface area contributed by atoms with Crippen LogP contribution in [-0.4, -0.2) is 14.3 Å². The molecule has 1 aromatic heterocycles. The highest BCUT2D eigenvalue weighted by Gasteiger charge is 2.21. The fourth-order valence-corrected chi connectivity index (χ4v) is 4.79. The first-order chi connectivity index (χ1) is 12.3. The molecule has 134 valence electrons. The maximum absolute atomic E-state index is 13.2. The van der Waals surface area contributed by atoms with E-state index in [1.54, 1.807) is 12.1 Å². The zero-order valence-corrected chi connectivity index (χ0v) is 15.1. The van der Waals surface area contributed by atoms with E-state index in [-0.39, 0.29) is 19.7 Å². The number of halogens is 2. The van der Waals surface area contributed by atoms with E-state index in [9.17, 15) is 22.0 Å². The molecule has 4 nitrogen and oxygen atoms in total. The van der Waals surface area contributed by atoms with Crippen LogP contribution in [-0.2, 0) is 9.84 Å². The third kappa shape index (κ3) is 3.66. The standard InChI is InChI=1S/C18H13F2NO3S2/c1-11-2-5-13(6-3-11)26(23,24)17-9-8-16(25-17)18(22)21-12-4-7-14(19)15(20)10-12/h2-10H,1H3,(H,21,22). The van der Waals surface area contributed by atoms with Gasteiger partial charge in [0.05, 0.1) is 9.77 Å². The van der Waals surface area contributed by atoms with E-state index in [1.165, 1.54) is 30.3 Å². The molecule has 2 aromatic carbocycles. The Morgan fingerprint density at radius 1 is 0.962 bits per heavy atom. The Hall–Kier alpha value is -2.58. The number of hydrogen-bond acceptors (Lipinski definition) is 4. The average Bonchev–Trinajstić information content (AvgIpc) is 3.10. The van der Waals surface area contributed by atoms with E-state index in [2.05, 4.69) is 5.32 Å². The second-order valence-corrected chi connectivity index (χ2v) is 8.78. The number of hydrogen-bond donors (Lipinski definition) is 1. The lowest BCUT2D eigenvalue weighted by Crippen LogP contribution is -2.10. The van der Waals surface area contributed by atoms with E-state index in [4.69, 9.17) is 0 Å². The van der Waals surface area contributed by atoms with Crippen molar-refractivity contribution >= 4 is 32.8 Å². The summed E-state index contributed by atoms with van der Waals surface area (Å²) in [7, 11) is -3.72. The first-order valence-electron chi connectivity index (χ1n) is 7.45. The lowest BCUT2D eigenvalue weighted by molar-refractivity contribution is 0.103. The molecule has 0 aliphatic heterocycles. The van der Waals surface area contributed by atoms with Crippen molar-refractivity contribution in [3.05, 3.63) is 76.7 Å². The number of anilines is 1. The van der Waals surface area contributed by atoms with Crippen molar-refractivity contribution < 1.29 is 22.0 Å². The van der Waals surface area contributed by atoms with Crippen molar-refractivity contribution in [1.82, 2.24) is 0 Å². The third-order valence-corrected chi connectivity index (χ3v) is 6.92. The van der Waals surface area contributed by atoms with Gasteiger partial charge in [-0.25, -0.2) is 17.2 Å². The number of carbonyl (C=O) groups excluding carboxylic acids is 1. The molecule has 1 N–H and O–H groups in total. The van der Waals surface area contributed by atoms with Gasteiger partial charge in [-0.3, -0.25) is 4.79 Å². The zero-order valence-electron chi connectivity index (χ0n) is 13.5. The highest BCUT2D eigenvalue weighted by atomic mass is 32.2. The van der Waals surface area contributed by atoms with Crippen LogP contribution in [0, 0.1) is 18.6 Å². The predicted molar refractivity (Wildman–Crippen MR) is 95.3 cm³/mol. The molecule has 3 rings (SSSR count). The molecule has 3 aromatic rings. The second kappa shape index (κ2) is 6.97. The third-order valence-electron chi connectivity index (χ3n) is 3.58. The number of benzene rings is 2. The minimum atomic E-state index is -3.72. The van der Waals surface area contributed by atoms with Gasteiger partial charge in [-0.15, -0.1) is 11.3 Å². The van der Waals surface area contributed by atoms with Crippen LogP contribution in [0.2, 0.25) is 0 Å². The molecule has 0 bridgehead atoms. The maximum Gasteiger partial charge on any atom is 0.265 e. The fraction of sp³-hybridized carbons (Fsp3) is 0.0556. The summed E-state index contributed by atoms with van der Waals surface area (Å²) in [6.45, 7) is 1.85. The van der Waals surface area contributed by atoms with Crippen LogP contribution < -0.4 is 5.32 Å². The maximum atomic E-state index is 13.2. The molecule has 0 aliphatic carbocycles. The van der Waals surface area contributed by atoms with Gasteiger partial charge < -0.3 is 5.32 Å². The SMILES string of the molecule is Cc1ccc(S(=O)(=O)c2ccc(C(=O)Nc3ccc(F)c(F)c3)s2)cc1. The summed E-state index contributed by atoms with van der Waals surface area (Å²) in [5.41, 5.74) is 1.01. The number of amides is 1. The molecular weight excluding hydrogens is 380 g/mol. The van der Waals surface area contributed by atoms with Gasteiger partial charge in [-0.2, -0.15) is 0 Å². The molecule has 0 aliphatic rings. The molecule has 1 heterocycles. The first kappa shape index (κ1) is 18.2. The topological polar surface area (TPSA) is 63.2 Å². The van der Waals surface area contributed by atoms with Gasteiger partial charge >= 0.3 is 0 Å². The Balaban J connectivity index is 1.83. The lowest BCUT2D eigenvalue weighted by Gasteiger charge is -2.04. The zero-order chi connectivity index (χ0) is 18.9. The van der Waals surface area contributed by atoms with Gasteiger partial charge in [0.1, 0.15) is 4.21 Å². The summed E-state index contributed by atoms with van der Waals surface area (Å²) < 4.78 is 51.4. The van der Waals surface area contributed by atoms with Crippen LogP contribution in [0.25, 0.3) is 0 Å². The summed E-state index contributed by atoms with van der Waals surface area (Å²) in [5.74, 6) is -2.71. The van der Waals surface area contributed by atoms with Crippen molar-refractivity contribution in [1.29, 1.82) is 0 Å². The van der Waals surface area contributed by atoms with Crippen molar-refractivity contribution in [2.45, 2.75) is 16.0 Å². The highest BCUT2D eigenvalue weighted by molar-refractivity contribution is 7.93. The monoisotopic (exact) mass is 393 g/mol. The van der Waals surface area contributed by atoms with Crippen LogP contribution in [0.4, 0.5) is 14.5 Å². The van der Waals surface area contributed by atoms with Gasteiger partial charge in [0, 0.05) is 11.8 Å². The Morgan fingerprint density at radius 3 is 2.31 bits per heavy atom. The van der Waals surface area contributed by atoms with Crippen molar-refractivity contribution in [2.75, 3.05) is 5.32 Å². The van der Waals surface area contributed by atoms with Crippen LogP contribution in [0.15, 0.2) is 63.7 Å². The molecule has 1 amide bonds. The largest absolute Gasteiger partial charge is 0.321 e. The summed E-state index contributed by atoms with van der Waals surface area (Å²) in [4.78, 5) is 12.5. The Morgan fingerprint density at radius 2 is 1.65 bits per heavy atom. The molecular formula is C18H13F2NO3S2. The van der Waals surface area contributed by atoms with Gasteiger partial charge in [0.25, 0.3) is 5.91 Å². The van der Waals surface area contributed by atoms with Crippen LogP contribution >= 0.6 is 11.3 Å². The summed E-state index contributed by atoms with van der Waals surface area (Å²) in [6.07, 6.45) is 0. The Bertz CT molecular complexity index is 1070. The number of thiophene rings is 1. The Kier molecular flexibility index (Phi) is 4.88. The van der Waals surface area contributed by atoms with Crippen molar-refractivity contribution in [3.63, 3.8) is 0 Å². The van der Waals surface area contributed by atoms with E-state index < -0.39 is 27.4 Å². The Labute approximate surface area is 153 Å². The predicted octanol–water partition coefficient (Wildman–Crippen LogP) is 4.42. The summed E-state index contributed by atoms with van der Waals surface area (Å²) in [5, 5.41) is 2.41. The molecule has 0 saturated carbocycles. The summed E-state index contributed by atoms with van der Waals surface area (Å²) >= 11 is 0.806. The number of carbonyl (C=O) groups is 1. The van der Waals surface area contributed by atoms with E-state index in [0.717, 1.165) is 29.0 Å². The van der Waals surface area contributed by atoms with Crippen LogP contribution in [0.1, 0.15) is 15.2 Å². The van der Waals surface area contributed by atoms with E-state index >= 15 is 0 Å². The van der Waals surface area contributed by atoms with Gasteiger partial charge in [0.15, 0.2) is 11.6 Å². The van der Waals surface area contributed by atoms with Crippen molar-refractivity contribution in [2.24, 2.45) is 0 Å². The van der Waals surface area contributed by atoms with Crippen molar-refractivity contribution in [3.8, 4) is 0 Å². The first-order valence-corrected chi connectivity index (χ1v) is 9.75. The van der Waals surface area contributed by atoms with Gasteiger partial charge in [-0.05, 0) is 43.3 Å². The molecule has 26 heavy (non-hydrogen) atoms. The lowest BCUT2D eigenvalue weighted by atomic mass is 10.2. The number of nitrogens with one attached hydrogen (secondary N) is 1. The number of aryl methyl sites for hydroxylation is 1. The smallest absolute Gasteiger partial charge is 0.265 e. The normalized spacial score (nSPS) is 11.3. The van der Waals surface area contributed by atoms with Crippen LogP contribution in [0.5, 0.6) is 0 Å². The average molecular weight is 393 g/mol. The molecule has 0 saturated heterocycles. The second-order valence-electron chi connectivity index (χ2n) is 5.52. The number of sulfone groups is 1. The minimum Gasteiger partial charge on any atom is -0.321 e. The summed E-state index contributed by atoms with van der Waals surface area (Å²) in [6, 6.07) is 12.1. The molecule has 0 atom stereocenters. The highest BCUT2D eigenvalue weighted by Crippen LogP contribution is 2.28. The van der Waals surface area contributed by atoms with E-state index in [0.29, 0.717) is 0 Å². The minimum absolute atomic E-state index is 0.0248. The molecule has 0 radical (unpaired) electrons. The molecule has 8 heteroatoms.